The molecule has 1 aromatic carbocycles. The van der Waals surface area contributed by atoms with E-state index in [2.05, 4.69) is 19.9 Å². The fourth-order valence-electron chi connectivity index (χ4n) is 3.97. The van der Waals surface area contributed by atoms with Gasteiger partial charge in [0.15, 0.2) is 0 Å². The summed E-state index contributed by atoms with van der Waals surface area (Å²) in [5, 5.41) is 0.378. The largest absolute Gasteiger partial charge is 0.378 e. The van der Waals surface area contributed by atoms with Crippen molar-refractivity contribution < 1.29 is 23.1 Å². The van der Waals surface area contributed by atoms with E-state index < -0.39 is 34.5 Å². The first-order valence-electron chi connectivity index (χ1n) is 10.5. The van der Waals surface area contributed by atoms with Crippen LogP contribution in [0, 0.1) is 11.6 Å². The Kier molecular flexibility index (Phi) is 5.50. The van der Waals surface area contributed by atoms with Crippen LogP contribution in [0.15, 0.2) is 48.9 Å². The van der Waals surface area contributed by atoms with E-state index in [9.17, 15) is 18.4 Å². The number of nitrogens with one attached hydrogen (secondary N) is 1. The van der Waals surface area contributed by atoms with Crippen molar-refractivity contribution in [2.24, 2.45) is 5.73 Å². The van der Waals surface area contributed by atoms with Crippen LogP contribution in [0.2, 0.25) is 0 Å². The first kappa shape index (κ1) is 21.7. The summed E-state index contributed by atoms with van der Waals surface area (Å²) in [6.07, 6.45) is 4.66. The van der Waals surface area contributed by atoms with Gasteiger partial charge in [-0.3, -0.25) is 9.59 Å². The number of ketones is 1. The number of carbonyl (C=O) groups excluding carboxylic acids is 2. The maximum atomic E-state index is 14.8. The van der Waals surface area contributed by atoms with Crippen LogP contribution < -0.4 is 10.6 Å². The zero-order valence-electron chi connectivity index (χ0n) is 17.8. The van der Waals surface area contributed by atoms with Crippen molar-refractivity contribution in [1.82, 2.24) is 15.0 Å². The molecule has 0 bridgehead atoms. The van der Waals surface area contributed by atoms with Gasteiger partial charge in [0.25, 0.3) is 5.91 Å². The Labute approximate surface area is 192 Å². The number of carbonyl (C=O) groups is 2. The number of pyridine rings is 2. The summed E-state index contributed by atoms with van der Waals surface area (Å²) in [5.74, 6) is -3.57. The van der Waals surface area contributed by atoms with Gasteiger partial charge in [-0.05, 0) is 30.3 Å². The van der Waals surface area contributed by atoms with E-state index in [-0.39, 0.29) is 5.56 Å². The zero-order chi connectivity index (χ0) is 23.8. The molecule has 10 heteroatoms. The first-order valence-corrected chi connectivity index (χ1v) is 10.5. The Morgan fingerprint density at radius 1 is 1.00 bits per heavy atom. The van der Waals surface area contributed by atoms with Crippen LogP contribution in [0.1, 0.15) is 26.3 Å². The molecule has 3 N–H and O–H groups in total. The van der Waals surface area contributed by atoms with E-state index in [0.29, 0.717) is 29.8 Å². The molecule has 0 unspecified atom stereocenters. The topological polar surface area (TPSA) is 114 Å². The second-order valence-electron chi connectivity index (χ2n) is 7.80. The van der Waals surface area contributed by atoms with Gasteiger partial charge >= 0.3 is 0 Å². The minimum Gasteiger partial charge on any atom is -0.378 e. The van der Waals surface area contributed by atoms with Gasteiger partial charge in [0.2, 0.25) is 5.78 Å². The zero-order valence-corrected chi connectivity index (χ0v) is 17.8. The van der Waals surface area contributed by atoms with E-state index in [0.717, 1.165) is 36.6 Å². The van der Waals surface area contributed by atoms with Gasteiger partial charge in [-0.25, -0.2) is 18.7 Å². The van der Waals surface area contributed by atoms with Crippen molar-refractivity contribution in [3.8, 4) is 11.1 Å². The van der Waals surface area contributed by atoms with Crippen molar-refractivity contribution in [2.75, 3.05) is 31.2 Å². The van der Waals surface area contributed by atoms with E-state index in [4.69, 9.17) is 10.5 Å². The molecule has 1 aliphatic rings. The fraction of sp³-hybridized carbons (Fsp3) is 0.167. The maximum Gasteiger partial charge on any atom is 0.251 e. The van der Waals surface area contributed by atoms with Gasteiger partial charge in [0.1, 0.15) is 23.1 Å². The lowest BCUT2D eigenvalue weighted by atomic mass is 9.98. The number of aromatic amines is 1. The van der Waals surface area contributed by atoms with Crippen molar-refractivity contribution in [1.29, 1.82) is 0 Å². The van der Waals surface area contributed by atoms with Gasteiger partial charge < -0.3 is 20.4 Å². The smallest absolute Gasteiger partial charge is 0.251 e. The third-order valence-corrected chi connectivity index (χ3v) is 5.78. The van der Waals surface area contributed by atoms with Crippen LogP contribution in [-0.4, -0.2) is 52.9 Å². The van der Waals surface area contributed by atoms with Crippen LogP contribution in [0.25, 0.3) is 22.2 Å². The molecule has 0 atom stereocenters. The number of morpholine rings is 1. The number of nitrogens with zero attached hydrogens (tertiary/aromatic N) is 3. The molecule has 8 nitrogen and oxygen atoms in total. The standard InChI is InChI=1S/C24H19F2N5O3/c25-18-3-2-15(23(27)33)21(26)20(18)22(32)17-12-30-24-16(17)9-14(11-29-24)13-1-4-19(28-10-13)31-5-7-34-8-6-31/h1-4,9-12H,5-8H2,(H2,27,33)(H,29,30). The Balaban J connectivity index is 1.51. The van der Waals surface area contributed by atoms with Crippen LogP contribution in [0.4, 0.5) is 14.6 Å². The van der Waals surface area contributed by atoms with Gasteiger partial charge in [-0.1, -0.05) is 0 Å². The van der Waals surface area contributed by atoms with Crippen molar-refractivity contribution in [3.63, 3.8) is 0 Å². The lowest BCUT2D eigenvalue weighted by Gasteiger charge is -2.27. The summed E-state index contributed by atoms with van der Waals surface area (Å²) in [7, 11) is 0. The highest BCUT2D eigenvalue weighted by Crippen LogP contribution is 2.28. The molecule has 0 radical (unpaired) electrons. The third kappa shape index (κ3) is 3.77. The summed E-state index contributed by atoms with van der Waals surface area (Å²) in [6, 6.07) is 7.24. The molecule has 4 aromatic rings. The molecule has 34 heavy (non-hydrogen) atoms. The van der Waals surface area contributed by atoms with Gasteiger partial charge in [0, 0.05) is 53.8 Å². The number of amides is 1. The quantitative estimate of drug-likeness (QED) is 0.440. The minimum absolute atomic E-state index is 0.0154. The van der Waals surface area contributed by atoms with Crippen LogP contribution >= 0.6 is 0 Å². The van der Waals surface area contributed by atoms with Crippen molar-refractivity contribution in [2.45, 2.75) is 0 Å². The molecule has 1 aliphatic heterocycles. The summed E-state index contributed by atoms with van der Waals surface area (Å²) in [5.41, 5.74) is 5.56. The highest BCUT2D eigenvalue weighted by Gasteiger charge is 2.26. The second-order valence-corrected chi connectivity index (χ2v) is 7.80. The number of benzene rings is 1. The average Bonchev–Trinajstić information content (AvgIpc) is 3.28. The third-order valence-electron chi connectivity index (χ3n) is 5.78. The summed E-state index contributed by atoms with van der Waals surface area (Å²) < 4.78 is 34.5. The van der Waals surface area contributed by atoms with Crippen LogP contribution in [0.3, 0.4) is 0 Å². The lowest BCUT2D eigenvalue weighted by Crippen LogP contribution is -2.36. The molecule has 5 rings (SSSR count). The molecule has 1 fully saturated rings. The predicted octanol–water partition coefficient (Wildman–Crippen LogP) is 3.07. The molecule has 0 spiro atoms. The Morgan fingerprint density at radius 3 is 2.47 bits per heavy atom. The second kappa shape index (κ2) is 8.64. The lowest BCUT2D eigenvalue weighted by molar-refractivity contribution is 0.0996. The van der Waals surface area contributed by atoms with Crippen molar-refractivity contribution in [3.05, 3.63) is 77.2 Å². The monoisotopic (exact) mass is 463 g/mol. The molecule has 0 aliphatic carbocycles. The van der Waals surface area contributed by atoms with E-state index >= 15 is 0 Å². The Bertz CT molecular complexity index is 1410. The number of H-pyrrole nitrogens is 1. The number of hydrogen-bond donors (Lipinski definition) is 2. The summed E-state index contributed by atoms with van der Waals surface area (Å²) in [4.78, 5) is 38.4. The highest BCUT2D eigenvalue weighted by molar-refractivity contribution is 6.17. The number of hydrogen-bond acceptors (Lipinski definition) is 6. The van der Waals surface area contributed by atoms with E-state index in [1.165, 1.54) is 6.20 Å². The Morgan fingerprint density at radius 2 is 1.76 bits per heavy atom. The summed E-state index contributed by atoms with van der Waals surface area (Å²) in [6.45, 7) is 2.83. The predicted molar refractivity (Wildman–Crippen MR) is 121 cm³/mol. The molecular weight excluding hydrogens is 444 g/mol. The SMILES string of the molecule is NC(=O)c1ccc(F)c(C(=O)c2c[nH]c3ncc(-c4ccc(N5CCOCC5)nc4)cc23)c1F. The number of rotatable bonds is 5. The molecule has 4 heterocycles. The maximum absolute atomic E-state index is 14.8. The molecule has 1 saturated heterocycles. The average molecular weight is 463 g/mol. The fourth-order valence-corrected chi connectivity index (χ4v) is 3.97. The van der Waals surface area contributed by atoms with Gasteiger partial charge in [0.05, 0.1) is 24.3 Å². The highest BCUT2D eigenvalue weighted by atomic mass is 19.1. The molecular formula is C24H19F2N5O3. The molecule has 172 valence electrons. The summed E-state index contributed by atoms with van der Waals surface area (Å²) >= 11 is 0. The number of primary amides is 1. The first-order chi connectivity index (χ1) is 16.4. The normalized spacial score (nSPS) is 13.9. The molecule has 3 aromatic heterocycles. The van der Waals surface area contributed by atoms with Crippen molar-refractivity contribution >= 4 is 28.5 Å². The number of ether oxygens (including phenoxy) is 1. The van der Waals surface area contributed by atoms with Crippen LogP contribution in [-0.2, 0) is 4.74 Å². The van der Waals surface area contributed by atoms with Crippen LogP contribution in [0.5, 0.6) is 0 Å². The molecule has 0 saturated carbocycles. The van der Waals surface area contributed by atoms with Gasteiger partial charge in [-0.2, -0.15) is 0 Å². The minimum atomic E-state index is -1.29. The van der Waals surface area contributed by atoms with E-state index in [1.807, 2.05) is 12.1 Å². The number of nitrogens with two attached hydrogens (primary N) is 1. The number of anilines is 1. The number of halogens is 2. The van der Waals surface area contributed by atoms with E-state index in [1.54, 1.807) is 18.5 Å². The number of fused-ring (bicyclic) bond motifs is 1. The number of aromatic nitrogens is 3. The Hall–Kier alpha value is -4.18. The van der Waals surface area contributed by atoms with Gasteiger partial charge in [-0.15, -0.1) is 0 Å². The molecule has 1 amide bonds.